The molecule has 76 valence electrons. The van der Waals surface area contributed by atoms with Gasteiger partial charge in [0.2, 0.25) is 0 Å². The average Bonchev–Trinajstić information content (AvgIpc) is 2.17. The fourth-order valence-electron chi connectivity index (χ4n) is 3.47. The Balaban J connectivity index is 2.59. The Morgan fingerprint density at radius 2 is 1.46 bits per heavy atom. The van der Waals surface area contributed by atoms with Crippen molar-refractivity contribution in [2.24, 2.45) is 17.8 Å². The van der Waals surface area contributed by atoms with E-state index in [0.29, 0.717) is 0 Å². The Morgan fingerprint density at radius 3 is 1.92 bits per heavy atom. The third-order valence-electron chi connectivity index (χ3n) is 4.45. The van der Waals surface area contributed by atoms with E-state index in [0.717, 1.165) is 23.6 Å². The molecule has 0 N–H and O–H groups in total. The summed E-state index contributed by atoms with van der Waals surface area (Å²) in [6, 6.07) is 0. The second-order valence-corrected chi connectivity index (χ2v) is 4.85. The van der Waals surface area contributed by atoms with Crippen molar-refractivity contribution in [2.75, 3.05) is 0 Å². The first-order valence-corrected chi connectivity index (χ1v) is 6.24. The van der Waals surface area contributed by atoms with E-state index in [1.54, 1.807) is 0 Å². The van der Waals surface area contributed by atoms with Gasteiger partial charge in [0.15, 0.2) is 0 Å². The fourth-order valence-corrected chi connectivity index (χ4v) is 3.47. The summed E-state index contributed by atoms with van der Waals surface area (Å²) >= 11 is 0. The minimum Gasteiger partial charge on any atom is -0.0651 e. The lowest BCUT2D eigenvalue weighted by Crippen LogP contribution is -2.30. The summed E-state index contributed by atoms with van der Waals surface area (Å²) in [4.78, 5) is 0. The number of rotatable bonds is 3. The van der Waals surface area contributed by atoms with Crippen LogP contribution in [-0.4, -0.2) is 7.85 Å². The monoisotopic (exact) mass is 180 g/mol. The van der Waals surface area contributed by atoms with Gasteiger partial charge in [-0.2, -0.15) is 0 Å². The summed E-state index contributed by atoms with van der Waals surface area (Å²) in [7, 11) is 2.49. The van der Waals surface area contributed by atoms with Gasteiger partial charge in [-0.3, -0.25) is 0 Å². The minimum atomic E-state index is 0.980. The second kappa shape index (κ2) is 5.07. The summed E-state index contributed by atoms with van der Waals surface area (Å²) in [6.07, 6.45) is 7.19. The molecule has 1 aliphatic carbocycles. The Kier molecular flexibility index (Phi) is 4.35. The maximum absolute atomic E-state index is 2.49. The predicted molar refractivity (Wildman–Crippen MR) is 62.9 cm³/mol. The molecule has 1 heteroatoms. The summed E-state index contributed by atoms with van der Waals surface area (Å²) in [5, 5.41) is 0. The molecule has 0 spiro atoms. The van der Waals surface area contributed by atoms with E-state index in [4.69, 9.17) is 0 Å². The van der Waals surface area contributed by atoms with E-state index in [1.807, 2.05) is 0 Å². The van der Waals surface area contributed by atoms with Crippen molar-refractivity contribution in [1.82, 2.24) is 0 Å². The second-order valence-electron chi connectivity index (χ2n) is 4.85. The van der Waals surface area contributed by atoms with Crippen molar-refractivity contribution in [3.05, 3.63) is 0 Å². The summed E-state index contributed by atoms with van der Waals surface area (Å²) in [5.74, 6) is 4.05. The van der Waals surface area contributed by atoms with Crippen LogP contribution in [0.1, 0.15) is 52.9 Å². The van der Waals surface area contributed by atoms with Crippen LogP contribution in [0, 0.1) is 17.8 Å². The van der Waals surface area contributed by atoms with Crippen LogP contribution in [0.25, 0.3) is 0 Å². The molecular formula is C12H25B. The highest BCUT2D eigenvalue weighted by atomic mass is 14.4. The van der Waals surface area contributed by atoms with Gasteiger partial charge in [-0.1, -0.05) is 52.3 Å². The molecule has 0 bridgehead atoms. The van der Waals surface area contributed by atoms with E-state index < -0.39 is 0 Å². The van der Waals surface area contributed by atoms with E-state index in [9.17, 15) is 0 Å². The third kappa shape index (κ3) is 2.30. The molecule has 0 radical (unpaired) electrons. The first-order chi connectivity index (χ1) is 6.24. The van der Waals surface area contributed by atoms with Crippen LogP contribution in [-0.2, 0) is 0 Å². The molecule has 0 aromatic carbocycles. The molecule has 0 heterocycles. The molecule has 1 saturated carbocycles. The highest BCUT2D eigenvalue weighted by Crippen LogP contribution is 2.45. The predicted octanol–water partition coefficient (Wildman–Crippen LogP) is 3.28. The molecule has 1 rings (SSSR count). The highest BCUT2D eigenvalue weighted by molar-refractivity contribution is 6.12. The summed E-state index contributed by atoms with van der Waals surface area (Å²) in [6.45, 7) is 7.11. The molecular weight excluding hydrogens is 155 g/mol. The van der Waals surface area contributed by atoms with Crippen molar-refractivity contribution < 1.29 is 0 Å². The zero-order valence-electron chi connectivity index (χ0n) is 9.84. The lowest BCUT2D eigenvalue weighted by atomic mass is 9.57. The van der Waals surface area contributed by atoms with Crippen LogP contribution in [0.4, 0.5) is 0 Å². The van der Waals surface area contributed by atoms with Crippen molar-refractivity contribution >= 4 is 7.85 Å². The molecule has 0 nitrogen and oxygen atoms in total. The van der Waals surface area contributed by atoms with Crippen molar-refractivity contribution in [3.63, 3.8) is 0 Å². The fraction of sp³-hybridized carbons (Fsp3) is 1.00. The smallest absolute Gasteiger partial charge is 0.0651 e. The highest BCUT2D eigenvalue weighted by Gasteiger charge is 2.33. The van der Waals surface area contributed by atoms with Crippen LogP contribution in [0.3, 0.4) is 0 Å². The number of hydrogen-bond acceptors (Lipinski definition) is 0. The molecule has 4 atom stereocenters. The minimum absolute atomic E-state index is 0.980. The Bertz CT molecular complexity index is 144. The van der Waals surface area contributed by atoms with E-state index >= 15 is 0 Å². The topological polar surface area (TPSA) is 0 Å². The maximum Gasteiger partial charge on any atom is 0.106 e. The van der Waals surface area contributed by atoms with Gasteiger partial charge in [-0.15, -0.1) is 0 Å². The van der Waals surface area contributed by atoms with Crippen LogP contribution in [0.15, 0.2) is 0 Å². The van der Waals surface area contributed by atoms with Gasteiger partial charge in [0, 0.05) is 0 Å². The molecule has 0 aromatic heterocycles. The lowest BCUT2D eigenvalue weighted by molar-refractivity contribution is 0.168. The Hall–Kier alpha value is 0.0649. The Labute approximate surface area is 84.9 Å². The van der Waals surface area contributed by atoms with Crippen molar-refractivity contribution in [1.29, 1.82) is 0 Å². The lowest BCUT2D eigenvalue weighted by Gasteiger charge is -2.41. The first-order valence-electron chi connectivity index (χ1n) is 6.24. The van der Waals surface area contributed by atoms with Gasteiger partial charge < -0.3 is 0 Å². The first kappa shape index (κ1) is 11.1. The zero-order valence-corrected chi connectivity index (χ0v) is 9.84. The molecule has 0 saturated heterocycles. The normalized spacial score (nSPS) is 40.5. The molecule has 0 aliphatic heterocycles. The van der Waals surface area contributed by atoms with Gasteiger partial charge in [0.05, 0.1) is 0 Å². The average molecular weight is 180 g/mol. The van der Waals surface area contributed by atoms with Gasteiger partial charge in [-0.05, 0) is 24.2 Å². The van der Waals surface area contributed by atoms with Gasteiger partial charge in [-0.25, -0.2) is 0 Å². The molecule has 0 amide bonds. The quantitative estimate of drug-likeness (QED) is 0.584. The maximum atomic E-state index is 2.49. The largest absolute Gasteiger partial charge is 0.106 e. The molecule has 1 fully saturated rings. The third-order valence-corrected chi connectivity index (χ3v) is 4.45. The SMILES string of the molecule is BC1C(CC)CCC(CC)C1CC. The zero-order chi connectivity index (χ0) is 9.84. The molecule has 4 unspecified atom stereocenters. The van der Waals surface area contributed by atoms with Gasteiger partial charge in [0.25, 0.3) is 0 Å². The summed E-state index contributed by atoms with van der Waals surface area (Å²) < 4.78 is 0. The van der Waals surface area contributed by atoms with Crippen molar-refractivity contribution in [2.45, 2.75) is 58.7 Å². The standard InChI is InChI=1S/C12H25B/c1-4-9-7-8-10(5-2)12(13)11(9)6-3/h9-12H,4-8,13H2,1-3H3. The molecule has 13 heavy (non-hydrogen) atoms. The van der Waals surface area contributed by atoms with Crippen LogP contribution in [0.2, 0.25) is 5.82 Å². The Morgan fingerprint density at radius 1 is 0.923 bits per heavy atom. The molecule has 0 aromatic rings. The van der Waals surface area contributed by atoms with Gasteiger partial charge >= 0.3 is 0 Å². The van der Waals surface area contributed by atoms with Crippen molar-refractivity contribution in [3.8, 4) is 0 Å². The van der Waals surface area contributed by atoms with E-state index in [2.05, 4.69) is 28.6 Å². The van der Waals surface area contributed by atoms with E-state index in [-0.39, 0.29) is 0 Å². The number of hydrogen-bond donors (Lipinski definition) is 0. The summed E-state index contributed by atoms with van der Waals surface area (Å²) in [5.41, 5.74) is 0. The van der Waals surface area contributed by atoms with Gasteiger partial charge in [0.1, 0.15) is 7.85 Å². The van der Waals surface area contributed by atoms with Crippen LogP contribution in [0.5, 0.6) is 0 Å². The molecule has 1 aliphatic rings. The van der Waals surface area contributed by atoms with E-state index in [1.165, 1.54) is 32.1 Å². The van der Waals surface area contributed by atoms with Crippen LogP contribution >= 0.6 is 0 Å². The van der Waals surface area contributed by atoms with Crippen LogP contribution < -0.4 is 0 Å².